The lowest BCUT2D eigenvalue weighted by Crippen LogP contribution is -2.26. The van der Waals surface area contributed by atoms with Crippen LogP contribution in [0.2, 0.25) is 0 Å². The van der Waals surface area contributed by atoms with Crippen molar-refractivity contribution < 1.29 is 18.0 Å². The second-order valence-corrected chi connectivity index (χ2v) is 4.68. The van der Waals surface area contributed by atoms with Crippen LogP contribution in [0.3, 0.4) is 0 Å². The fraction of sp³-hybridized carbons (Fsp3) is 0.133. The van der Waals surface area contributed by atoms with Gasteiger partial charge in [-0.2, -0.15) is 0 Å². The maximum atomic E-state index is 13.2. The molecule has 2 aromatic carbocycles. The molecule has 110 valence electrons. The number of nitrogens with zero attached hydrogens (tertiary/aromatic N) is 1. The first-order valence-corrected chi connectivity index (χ1v) is 6.12. The number of rotatable bonds is 3. The zero-order chi connectivity index (χ0) is 15.6. The number of benzene rings is 2. The van der Waals surface area contributed by atoms with E-state index in [1.165, 1.54) is 24.1 Å². The molecule has 0 aliphatic carbocycles. The number of nitrogen functional groups attached to an aromatic ring is 1. The van der Waals surface area contributed by atoms with E-state index in [0.29, 0.717) is 5.56 Å². The van der Waals surface area contributed by atoms with Gasteiger partial charge in [-0.3, -0.25) is 4.79 Å². The number of hydrogen-bond donors (Lipinski definition) is 1. The first-order chi connectivity index (χ1) is 9.86. The Labute approximate surface area is 119 Å². The van der Waals surface area contributed by atoms with E-state index >= 15 is 0 Å². The lowest BCUT2D eigenvalue weighted by atomic mass is 10.1. The minimum Gasteiger partial charge on any atom is -0.399 e. The van der Waals surface area contributed by atoms with E-state index in [4.69, 9.17) is 5.73 Å². The number of nitrogens with two attached hydrogens (primary N) is 1. The summed E-state index contributed by atoms with van der Waals surface area (Å²) in [6.07, 6.45) is 0. The molecule has 0 heterocycles. The summed E-state index contributed by atoms with van der Waals surface area (Å²) >= 11 is 0. The Morgan fingerprint density at radius 3 is 2.43 bits per heavy atom. The van der Waals surface area contributed by atoms with Crippen molar-refractivity contribution in [2.45, 2.75) is 6.54 Å². The molecule has 6 heteroatoms. The minimum atomic E-state index is -0.983. The predicted octanol–water partition coefficient (Wildman–Crippen LogP) is 2.96. The second kappa shape index (κ2) is 5.87. The molecule has 1 amide bonds. The van der Waals surface area contributed by atoms with E-state index in [9.17, 15) is 18.0 Å². The summed E-state index contributed by atoms with van der Waals surface area (Å²) in [6, 6.07) is 6.91. The van der Waals surface area contributed by atoms with Crippen LogP contribution >= 0.6 is 0 Å². The number of carbonyl (C=O) groups is 1. The molecule has 0 spiro atoms. The monoisotopic (exact) mass is 294 g/mol. The molecule has 2 aromatic rings. The van der Waals surface area contributed by atoms with Crippen molar-refractivity contribution in [1.29, 1.82) is 0 Å². The van der Waals surface area contributed by atoms with Gasteiger partial charge in [-0.05, 0) is 35.9 Å². The van der Waals surface area contributed by atoms with E-state index in [1.807, 2.05) is 0 Å². The maximum Gasteiger partial charge on any atom is 0.254 e. The van der Waals surface area contributed by atoms with Crippen molar-refractivity contribution >= 4 is 11.6 Å². The highest BCUT2D eigenvalue weighted by molar-refractivity contribution is 5.94. The van der Waals surface area contributed by atoms with E-state index < -0.39 is 23.4 Å². The molecular formula is C15H13F3N2O. The second-order valence-electron chi connectivity index (χ2n) is 4.68. The van der Waals surface area contributed by atoms with Crippen LogP contribution < -0.4 is 5.73 Å². The minimum absolute atomic E-state index is 0.0620. The van der Waals surface area contributed by atoms with Gasteiger partial charge in [0, 0.05) is 24.8 Å². The molecule has 21 heavy (non-hydrogen) atoms. The van der Waals surface area contributed by atoms with Crippen LogP contribution in [0.1, 0.15) is 15.9 Å². The number of amides is 1. The molecule has 0 aliphatic heterocycles. The lowest BCUT2D eigenvalue weighted by molar-refractivity contribution is 0.0784. The zero-order valence-corrected chi connectivity index (χ0v) is 11.2. The van der Waals surface area contributed by atoms with Crippen LogP contribution in [0.5, 0.6) is 0 Å². The molecule has 0 aliphatic rings. The summed E-state index contributed by atoms with van der Waals surface area (Å²) in [5.74, 6) is -3.01. The number of carbonyl (C=O) groups excluding carboxylic acids is 1. The Balaban J connectivity index is 2.17. The zero-order valence-electron chi connectivity index (χ0n) is 11.2. The van der Waals surface area contributed by atoms with Crippen LogP contribution in [0.4, 0.5) is 18.9 Å². The molecule has 2 rings (SSSR count). The quantitative estimate of drug-likeness (QED) is 0.885. The van der Waals surface area contributed by atoms with Crippen molar-refractivity contribution in [2.75, 3.05) is 12.8 Å². The number of halogens is 3. The third kappa shape index (κ3) is 3.53. The Kier molecular flexibility index (Phi) is 4.16. The van der Waals surface area contributed by atoms with Gasteiger partial charge in [-0.1, -0.05) is 6.07 Å². The highest BCUT2D eigenvalue weighted by Crippen LogP contribution is 2.15. The van der Waals surface area contributed by atoms with Gasteiger partial charge in [0.25, 0.3) is 5.91 Å². The summed E-state index contributed by atoms with van der Waals surface area (Å²) in [5.41, 5.74) is 6.14. The van der Waals surface area contributed by atoms with E-state index in [2.05, 4.69) is 0 Å². The molecule has 0 unspecified atom stereocenters. The summed E-state index contributed by atoms with van der Waals surface area (Å²) in [7, 11) is 1.48. The third-order valence-corrected chi connectivity index (χ3v) is 2.92. The molecule has 0 saturated carbocycles. The first kappa shape index (κ1) is 14.9. The molecule has 0 bridgehead atoms. The Bertz CT molecular complexity index is 668. The van der Waals surface area contributed by atoms with Crippen LogP contribution in [0.25, 0.3) is 0 Å². The largest absolute Gasteiger partial charge is 0.399 e. The van der Waals surface area contributed by atoms with Gasteiger partial charge in [-0.15, -0.1) is 0 Å². The van der Waals surface area contributed by atoms with E-state index in [0.717, 1.165) is 24.3 Å². The number of anilines is 1. The normalized spacial score (nSPS) is 10.5. The van der Waals surface area contributed by atoms with Gasteiger partial charge in [-0.25, -0.2) is 13.2 Å². The average molecular weight is 294 g/mol. The van der Waals surface area contributed by atoms with E-state index in [-0.39, 0.29) is 17.8 Å². The molecule has 0 radical (unpaired) electrons. The first-order valence-electron chi connectivity index (χ1n) is 6.12. The molecule has 0 saturated heterocycles. The molecule has 3 nitrogen and oxygen atoms in total. The number of hydrogen-bond acceptors (Lipinski definition) is 2. The maximum absolute atomic E-state index is 13.2. The fourth-order valence-electron chi connectivity index (χ4n) is 1.94. The van der Waals surface area contributed by atoms with Gasteiger partial charge < -0.3 is 10.6 Å². The topological polar surface area (TPSA) is 46.3 Å². The highest BCUT2D eigenvalue weighted by Gasteiger charge is 2.14. The Hall–Kier alpha value is -2.50. The van der Waals surface area contributed by atoms with Gasteiger partial charge in [0.2, 0.25) is 0 Å². The standard InChI is InChI=1S/C15H13F3N2O/c1-20(8-9-2-3-13(17)14(18)4-9)15(21)10-5-11(16)7-12(19)6-10/h2-7H,8,19H2,1H3. The molecule has 0 aromatic heterocycles. The molecule has 0 atom stereocenters. The fourth-order valence-corrected chi connectivity index (χ4v) is 1.94. The van der Waals surface area contributed by atoms with Crippen LogP contribution in [0.15, 0.2) is 36.4 Å². The lowest BCUT2D eigenvalue weighted by Gasteiger charge is -2.17. The predicted molar refractivity (Wildman–Crippen MR) is 73.0 cm³/mol. The van der Waals surface area contributed by atoms with Gasteiger partial charge in [0.1, 0.15) is 5.82 Å². The SMILES string of the molecule is CN(Cc1ccc(F)c(F)c1)C(=O)c1cc(N)cc(F)c1. The molecule has 2 N–H and O–H groups in total. The molecular weight excluding hydrogens is 281 g/mol. The molecule has 0 fully saturated rings. The summed E-state index contributed by atoms with van der Waals surface area (Å²) in [4.78, 5) is 13.4. The van der Waals surface area contributed by atoms with Crippen molar-refractivity contribution in [3.8, 4) is 0 Å². The van der Waals surface area contributed by atoms with Crippen LogP contribution in [0, 0.1) is 17.5 Å². The van der Waals surface area contributed by atoms with Gasteiger partial charge >= 0.3 is 0 Å². The van der Waals surface area contributed by atoms with Gasteiger partial charge in [0.05, 0.1) is 0 Å². The van der Waals surface area contributed by atoms with Crippen molar-refractivity contribution in [3.63, 3.8) is 0 Å². The van der Waals surface area contributed by atoms with Crippen LogP contribution in [-0.4, -0.2) is 17.9 Å². The average Bonchev–Trinajstić information content (AvgIpc) is 2.41. The van der Waals surface area contributed by atoms with Gasteiger partial charge in [0.15, 0.2) is 11.6 Å². The van der Waals surface area contributed by atoms with Crippen molar-refractivity contribution in [1.82, 2.24) is 4.90 Å². The van der Waals surface area contributed by atoms with Crippen molar-refractivity contribution in [2.24, 2.45) is 0 Å². The Morgan fingerprint density at radius 1 is 1.10 bits per heavy atom. The van der Waals surface area contributed by atoms with Crippen molar-refractivity contribution in [3.05, 3.63) is 65.0 Å². The summed E-state index contributed by atoms with van der Waals surface area (Å²) in [6.45, 7) is 0.0620. The highest BCUT2D eigenvalue weighted by atomic mass is 19.2. The van der Waals surface area contributed by atoms with Crippen LogP contribution in [-0.2, 0) is 6.54 Å². The Morgan fingerprint density at radius 2 is 1.81 bits per heavy atom. The summed E-state index contributed by atoms with van der Waals surface area (Å²) < 4.78 is 39.2. The van der Waals surface area contributed by atoms with E-state index in [1.54, 1.807) is 0 Å². The third-order valence-electron chi connectivity index (χ3n) is 2.92. The smallest absolute Gasteiger partial charge is 0.254 e. The summed E-state index contributed by atoms with van der Waals surface area (Å²) in [5, 5.41) is 0.